The minimum Gasteiger partial charge on any atom is -0.406 e. The van der Waals surface area contributed by atoms with Gasteiger partial charge < -0.3 is 4.74 Å². The SMILES string of the molecule is CC#Cc1cc(OC(F)(F)F)cc(C(C)(C)c2cccc(Cl)c2)c1. The summed E-state index contributed by atoms with van der Waals surface area (Å²) in [5.41, 5.74) is 1.43. The Morgan fingerprint density at radius 2 is 1.71 bits per heavy atom. The van der Waals surface area contributed by atoms with E-state index in [1.807, 2.05) is 26.0 Å². The Bertz CT molecular complexity index is 798. The van der Waals surface area contributed by atoms with Gasteiger partial charge in [-0.25, -0.2) is 0 Å². The van der Waals surface area contributed by atoms with Gasteiger partial charge in [-0.05, 0) is 48.4 Å². The lowest BCUT2D eigenvalue weighted by Crippen LogP contribution is -2.21. The van der Waals surface area contributed by atoms with Gasteiger partial charge in [0.15, 0.2) is 0 Å². The smallest absolute Gasteiger partial charge is 0.406 e. The molecule has 0 unspecified atom stereocenters. The van der Waals surface area contributed by atoms with Gasteiger partial charge in [-0.3, -0.25) is 0 Å². The zero-order valence-corrected chi connectivity index (χ0v) is 14.2. The van der Waals surface area contributed by atoms with E-state index < -0.39 is 11.8 Å². The first-order valence-electron chi connectivity index (χ1n) is 7.22. The van der Waals surface area contributed by atoms with Gasteiger partial charge in [0.1, 0.15) is 5.75 Å². The van der Waals surface area contributed by atoms with Crippen molar-refractivity contribution in [2.24, 2.45) is 0 Å². The first-order valence-corrected chi connectivity index (χ1v) is 7.60. The molecule has 0 saturated heterocycles. The van der Waals surface area contributed by atoms with Crippen LogP contribution in [0, 0.1) is 11.8 Å². The summed E-state index contributed by atoms with van der Waals surface area (Å²) >= 11 is 6.04. The van der Waals surface area contributed by atoms with Crippen molar-refractivity contribution in [3.05, 3.63) is 64.2 Å². The Morgan fingerprint density at radius 1 is 1.00 bits per heavy atom. The second-order valence-electron chi connectivity index (χ2n) is 5.80. The Hall–Kier alpha value is -2.12. The average Bonchev–Trinajstić information content (AvgIpc) is 2.45. The molecule has 0 radical (unpaired) electrons. The lowest BCUT2D eigenvalue weighted by atomic mass is 9.77. The van der Waals surface area contributed by atoms with E-state index in [0.717, 1.165) is 5.56 Å². The molecule has 2 aromatic rings. The number of benzene rings is 2. The summed E-state index contributed by atoms with van der Waals surface area (Å²) in [6, 6.07) is 11.7. The van der Waals surface area contributed by atoms with Crippen molar-refractivity contribution >= 4 is 11.6 Å². The molecule has 0 heterocycles. The number of halogens is 4. The highest BCUT2D eigenvalue weighted by molar-refractivity contribution is 6.30. The van der Waals surface area contributed by atoms with Crippen LogP contribution in [-0.4, -0.2) is 6.36 Å². The molecule has 5 heteroatoms. The van der Waals surface area contributed by atoms with Crippen molar-refractivity contribution in [1.82, 2.24) is 0 Å². The van der Waals surface area contributed by atoms with Crippen molar-refractivity contribution in [2.45, 2.75) is 32.5 Å². The first-order chi connectivity index (χ1) is 11.1. The molecule has 0 aromatic heterocycles. The number of ether oxygens (including phenoxy) is 1. The lowest BCUT2D eigenvalue weighted by Gasteiger charge is -2.27. The molecule has 1 nitrogen and oxygen atoms in total. The quantitative estimate of drug-likeness (QED) is 0.621. The van der Waals surface area contributed by atoms with Crippen LogP contribution in [0.5, 0.6) is 5.75 Å². The average molecular weight is 353 g/mol. The second-order valence-corrected chi connectivity index (χ2v) is 6.24. The van der Waals surface area contributed by atoms with Crippen molar-refractivity contribution in [3.8, 4) is 17.6 Å². The van der Waals surface area contributed by atoms with Crippen LogP contribution in [0.1, 0.15) is 37.5 Å². The fourth-order valence-electron chi connectivity index (χ4n) is 2.41. The summed E-state index contributed by atoms with van der Waals surface area (Å²) in [6.45, 7) is 5.45. The predicted octanol–water partition coefficient (Wildman–Crippen LogP) is 5.94. The number of alkyl halides is 3. The molecule has 2 rings (SSSR count). The predicted molar refractivity (Wildman–Crippen MR) is 89.3 cm³/mol. The molecule has 24 heavy (non-hydrogen) atoms. The number of hydrogen-bond acceptors (Lipinski definition) is 1. The highest BCUT2D eigenvalue weighted by atomic mass is 35.5. The van der Waals surface area contributed by atoms with E-state index in [2.05, 4.69) is 16.6 Å². The van der Waals surface area contributed by atoms with E-state index in [4.69, 9.17) is 11.6 Å². The van der Waals surface area contributed by atoms with Crippen molar-refractivity contribution in [3.63, 3.8) is 0 Å². The molecule has 0 fully saturated rings. The van der Waals surface area contributed by atoms with E-state index in [0.29, 0.717) is 16.1 Å². The molecule has 126 valence electrons. The Kier molecular flexibility index (Phi) is 5.15. The highest BCUT2D eigenvalue weighted by Gasteiger charge is 2.32. The molecule has 0 amide bonds. The maximum Gasteiger partial charge on any atom is 0.573 e. The third kappa shape index (κ3) is 4.46. The summed E-state index contributed by atoms with van der Waals surface area (Å²) in [5.74, 6) is 5.19. The Labute approximate surface area is 144 Å². The molecule has 0 atom stereocenters. The van der Waals surface area contributed by atoms with Crippen molar-refractivity contribution in [1.29, 1.82) is 0 Å². The van der Waals surface area contributed by atoms with E-state index in [1.54, 1.807) is 25.1 Å². The molecule has 0 N–H and O–H groups in total. The van der Waals surface area contributed by atoms with Crippen LogP contribution >= 0.6 is 11.6 Å². The van der Waals surface area contributed by atoms with E-state index in [1.165, 1.54) is 12.1 Å². The molecular weight excluding hydrogens is 337 g/mol. The fourth-order valence-corrected chi connectivity index (χ4v) is 2.60. The molecule has 2 aromatic carbocycles. The van der Waals surface area contributed by atoms with Crippen LogP contribution < -0.4 is 4.74 Å². The van der Waals surface area contributed by atoms with Crippen LogP contribution in [-0.2, 0) is 5.41 Å². The van der Waals surface area contributed by atoms with Gasteiger partial charge in [0, 0.05) is 16.0 Å². The maximum atomic E-state index is 12.6. The monoisotopic (exact) mass is 352 g/mol. The second kappa shape index (κ2) is 6.78. The summed E-state index contributed by atoms with van der Waals surface area (Å²) in [7, 11) is 0. The largest absolute Gasteiger partial charge is 0.573 e. The molecule has 0 spiro atoms. The van der Waals surface area contributed by atoms with Gasteiger partial charge in [0.2, 0.25) is 0 Å². The Morgan fingerprint density at radius 3 is 2.29 bits per heavy atom. The van der Waals surface area contributed by atoms with Gasteiger partial charge >= 0.3 is 6.36 Å². The summed E-state index contributed by atoms with van der Waals surface area (Å²) < 4.78 is 41.9. The molecule has 0 aliphatic rings. The van der Waals surface area contributed by atoms with Crippen molar-refractivity contribution in [2.75, 3.05) is 0 Å². The van der Waals surface area contributed by atoms with Crippen LogP contribution in [0.25, 0.3) is 0 Å². The summed E-state index contributed by atoms with van der Waals surface area (Å²) in [6.07, 6.45) is -4.75. The normalized spacial score (nSPS) is 11.6. The maximum absolute atomic E-state index is 12.6. The highest BCUT2D eigenvalue weighted by Crippen LogP contribution is 2.36. The van der Waals surface area contributed by atoms with Crippen LogP contribution in [0.15, 0.2) is 42.5 Å². The van der Waals surface area contributed by atoms with Gasteiger partial charge in [0.25, 0.3) is 0 Å². The van der Waals surface area contributed by atoms with Crippen LogP contribution in [0.4, 0.5) is 13.2 Å². The van der Waals surface area contributed by atoms with E-state index >= 15 is 0 Å². The third-order valence-corrected chi connectivity index (χ3v) is 3.91. The molecular formula is C19H16ClF3O. The molecule has 0 saturated carbocycles. The topological polar surface area (TPSA) is 9.23 Å². The van der Waals surface area contributed by atoms with Gasteiger partial charge in [0.05, 0.1) is 0 Å². The fraction of sp³-hybridized carbons (Fsp3) is 0.263. The minimum atomic E-state index is -4.75. The van der Waals surface area contributed by atoms with Gasteiger partial charge in [-0.1, -0.05) is 43.5 Å². The first kappa shape index (κ1) is 18.2. The zero-order chi connectivity index (χ0) is 18.0. The van der Waals surface area contributed by atoms with Crippen LogP contribution in [0.2, 0.25) is 5.02 Å². The third-order valence-electron chi connectivity index (χ3n) is 3.68. The van der Waals surface area contributed by atoms with Gasteiger partial charge in [-0.15, -0.1) is 19.1 Å². The Balaban J connectivity index is 2.56. The number of hydrogen-bond donors (Lipinski definition) is 0. The van der Waals surface area contributed by atoms with E-state index in [-0.39, 0.29) is 5.75 Å². The summed E-state index contributed by atoms with van der Waals surface area (Å²) in [5, 5.41) is 0.567. The molecule has 0 bridgehead atoms. The van der Waals surface area contributed by atoms with E-state index in [9.17, 15) is 13.2 Å². The minimum absolute atomic E-state index is 0.284. The van der Waals surface area contributed by atoms with Gasteiger partial charge in [-0.2, -0.15) is 0 Å². The lowest BCUT2D eigenvalue weighted by molar-refractivity contribution is -0.274. The van der Waals surface area contributed by atoms with Crippen LogP contribution in [0.3, 0.4) is 0 Å². The standard InChI is InChI=1S/C19H16ClF3O/c1-4-6-13-9-15(12-17(10-13)24-19(21,22)23)18(2,3)14-7-5-8-16(20)11-14/h5,7-12H,1-3H3. The number of rotatable bonds is 3. The zero-order valence-electron chi connectivity index (χ0n) is 13.5. The molecule has 0 aliphatic heterocycles. The van der Waals surface area contributed by atoms with Crippen molar-refractivity contribution < 1.29 is 17.9 Å². The summed E-state index contributed by atoms with van der Waals surface area (Å²) in [4.78, 5) is 0. The molecule has 0 aliphatic carbocycles.